The van der Waals surface area contributed by atoms with Crippen molar-refractivity contribution in [1.82, 2.24) is 10.2 Å². The zero-order valence-corrected chi connectivity index (χ0v) is 16.1. The lowest BCUT2D eigenvalue weighted by molar-refractivity contribution is -0.123. The minimum atomic E-state index is -0.582. The molecular formula is C19H26Cl2N2O2. The van der Waals surface area contributed by atoms with E-state index in [0.29, 0.717) is 16.5 Å². The van der Waals surface area contributed by atoms with Crippen molar-refractivity contribution in [2.75, 3.05) is 13.6 Å². The Labute approximate surface area is 159 Å². The third-order valence-electron chi connectivity index (χ3n) is 5.38. The van der Waals surface area contributed by atoms with Crippen LogP contribution in [0.5, 0.6) is 0 Å². The molecule has 2 aliphatic carbocycles. The minimum Gasteiger partial charge on any atom is -0.391 e. The number of nitrogens with one attached hydrogen (secondary N) is 1. The highest BCUT2D eigenvalue weighted by Gasteiger charge is 2.36. The smallest absolute Gasteiger partial charge is 0.234 e. The number of rotatable bonds is 4. The molecule has 3 rings (SSSR count). The Morgan fingerprint density at radius 2 is 1.92 bits per heavy atom. The second kappa shape index (κ2) is 8.26. The van der Waals surface area contributed by atoms with E-state index < -0.39 is 6.10 Å². The van der Waals surface area contributed by atoms with Crippen molar-refractivity contribution in [3.63, 3.8) is 0 Å². The van der Waals surface area contributed by atoms with Gasteiger partial charge in [0.2, 0.25) is 5.91 Å². The van der Waals surface area contributed by atoms with Gasteiger partial charge in [-0.2, -0.15) is 0 Å². The van der Waals surface area contributed by atoms with Gasteiger partial charge in [-0.05, 0) is 43.1 Å². The largest absolute Gasteiger partial charge is 0.391 e. The number of halogens is 2. The first kappa shape index (κ1) is 19.0. The van der Waals surface area contributed by atoms with Crippen molar-refractivity contribution in [3.8, 4) is 0 Å². The molecule has 2 N–H and O–H groups in total. The van der Waals surface area contributed by atoms with Crippen molar-refractivity contribution < 1.29 is 9.90 Å². The van der Waals surface area contributed by atoms with Crippen LogP contribution < -0.4 is 5.32 Å². The van der Waals surface area contributed by atoms with E-state index in [4.69, 9.17) is 23.2 Å². The van der Waals surface area contributed by atoms with E-state index in [1.54, 1.807) is 6.07 Å². The summed E-state index contributed by atoms with van der Waals surface area (Å²) in [7, 11) is 1.87. The number of carbonyl (C=O) groups excluding carboxylic acids is 1. The first-order valence-corrected chi connectivity index (χ1v) is 9.87. The SMILES string of the molecule is CN(CC(=O)NC1CCCCCC1)[C@@H]1c2cc(Cl)cc(Cl)c2C[C@@H]1O. The van der Waals surface area contributed by atoms with Crippen LogP contribution in [0.2, 0.25) is 10.0 Å². The summed E-state index contributed by atoms with van der Waals surface area (Å²) in [4.78, 5) is 14.4. The van der Waals surface area contributed by atoms with Crippen LogP contribution in [0, 0.1) is 0 Å². The molecule has 0 heterocycles. The van der Waals surface area contributed by atoms with Gasteiger partial charge >= 0.3 is 0 Å². The lowest BCUT2D eigenvalue weighted by Gasteiger charge is -2.28. The quantitative estimate of drug-likeness (QED) is 0.777. The van der Waals surface area contributed by atoms with Crippen LogP contribution in [0.15, 0.2) is 12.1 Å². The molecule has 0 spiro atoms. The van der Waals surface area contributed by atoms with Gasteiger partial charge in [-0.15, -0.1) is 0 Å². The highest BCUT2D eigenvalue weighted by Crippen LogP contribution is 2.40. The number of likely N-dealkylation sites (N-methyl/N-ethyl adjacent to an activating group) is 1. The number of carbonyl (C=O) groups is 1. The van der Waals surface area contributed by atoms with Crippen molar-refractivity contribution in [3.05, 3.63) is 33.3 Å². The van der Waals surface area contributed by atoms with E-state index in [2.05, 4.69) is 5.32 Å². The molecule has 0 aliphatic heterocycles. The molecule has 1 aromatic carbocycles. The predicted molar refractivity (Wildman–Crippen MR) is 101 cm³/mol. The molecule has 0 aromatic heterocycles. The molecule has 4 nitrogen and oxygen atoms in total. The Balaban J connectivity index is 1.65. The molecule has 2 atom stereocenters. The van der Waals surface area contributed by atoms with Crippen LogP contribution >= 0.6 is 23.2 Å². The number of fused-ring (bicyclic) bond motifs is 1. The number of aliphatic hydroxyl groups excluding tert-OH is 1. The molecular weight excluding hydrogens is 359 g/mol. The molecule has 0 radical (unpaired) electrons. The Hall–Kier alpha value is -0.810. The van der Waals surface area contributed by atoms with Gasteiger partial charge in [0, 0.05) is 22.5 Å². The van der Waals surface area contributed by atoms with Gasteiger partial charge in [-0.3, -0.25) is 9.69 Å². The number of nitrogens with zero attached hydrogens (tertiary/aromatic N) is 1. The predicted octanol–water partition coefficient (Wildman–Crippen LogP) is 3.72. The van der Waals surface area contributed by atoms with Crippen molar-refractivity contribution in [2.24, 2.45) is 0 Å². The molecule has 0 unspecified atom stereocenters. The summed E-state index contributed by atoms with van der Waals surface area (Å²) < 4.78 is 0. The molecule has 1 aromatic rings. The summed E-state index contributed by atoms with van der Waals surface area (Å²) in [6.45, 7) is 0.252. The molecule has 2 aliphatic rings. The minimum absolute atomic E-state index is 0.0168. The number of amides is 1. The van der Waals surface area contributed by atoms with Crippen molar-refractivity contribution in [2.45, 2.75) is 63.1 Å². The van der Waals surface area contributed by atoms with E-state index in [-0.39, 0.29) is 24.5 Å². The Bertz CT molecular complexity index is 630. The summed E-state index contributed by atoms with van der Waals surface area (Å²) in [5.74, 6) is 0.0168. The summed E-state index contributed by atoms with van der Waals surface area (Å²) in [6, 6.07) is 3.58. The van der Waals surface area contributed by atoms with Crippen LogP contribution in [-0.2, 0) is 11.2 Å². The molecule has 25 heavy (non-hydrogen) atoms. The van der Waals surface area contributed by atoms with Crippen LogP contribution in [-0.4, -0.2) is 41.7 Å². The topological polar surface area (TPSA) is 52.6 Å². The van der Waals surface area contributed by atoms with Gasteiger partial charge < -0.3 is 10.4 Å². The van der Waals surface area contributed by atoms with Crippen molar-refractivity contribution in [1.29, 1.82) is 0 Å². The number of hydrogen-bond acceptors (Lipinski definition) is 3. The van der Waals surface area contributed by atoms with Crippen molar-refractivity contribution >= 4 is 29.1 Å². The van der Waals surface area contributed by atoms with E-state index in [1.807, 2.05) is 18.0 Å². The van der Waals surface area contributed by atoms with Crippen LogP contribution in [0.4, 0.5) is 0 Å². The average Bonchev–Trinajstić information content (AvgIpc) is 2.70. The average molecular weight is 385 g/mol. The highest BCUT2D eigenvalue weighted by atomic mass is 35.5. The van der Waals surface area contributed by atoms with Gasteiger partial charge in [-0.1, -0.05) is 48.9 Å². The maximum atomic E-state index is 12.5. The molecule has 1 amide bonds. The molecule has 0 bridgehead atoms. The monoisotopic (exact) mass is 384 g/mol. The maximum absolute atomic E-state index is 12.5. The second-order valence-electron chi connectivity index (χ2n) is 7.34. The van der Waals surface area contributed by atoms with E-state index in [1.165, 1.54) is 25.7 Å². The third kappa shape index (κ3) is 4.48. The number of benzene rings is 1. The highest BCUT2D eigenvalue weighted by molar-refractivity contribution is 6.35. The summed E-state index contributed by atoms with van der Waals surface area (Å²) in [5, 5.41) is 14.8. The molecule has 6 heteroatoms. The van der Waals surface area contributed by atoms with Gasteiger partial charge in [-0.25, -0.2) is 0 Å². The summed E-state index contributed by atoms with van der Waals surface area (Å²) >= 11 is 12.4. The van der Waals surface area contributed by atoms with Crippen LogP contribution in [0.3, 0.4) is 0 Å². The maximum Gasteiger partial charge on any atom is 0.234 e. The standard InChI is InChI=1S/C19H26Cl2N2O2/c1-23(11-18(25)22-13-6-4-2-3-5-7-13)19-15-8-12(20)9-16(21)14(15)10-17(19)24/h8-9,13,17,19,24H,2-7,10-11H2,1H3,(H,22,25)/t17-,19+/m0/s1. The first-order chi connectivity index (χ1) is 12.0. The fraction of sp³-hybridized carbons (Fsp3) is 0.632. The van der Waals surface area contributed by atoms with Gasteiger partial charge in [0.1, 0.15) is 0 Å². The zero-order valence-electron chi connectivity index (χ0n) is 14.6. The molecule has 0 saturated heterocycles. The number of hydrogen-bond donors (Lipinski definition) is 2. The second-order valence-corrected chi connectivity index (χ2v) is 8.19. The van der Waals surface area contributed by atoms with Gasteiger partial charge in [0.25, 0.3) is 0 Å². The lowest BCUT2D eigenvalue weighted by Crippen LogP contribution is -2.43. The van der Waals surface area contributed by atoms with Crippen LogP contribution in [0.1, 0.15) is 55.7 Å². The zero-order chi connectivity index (χ0) is 18.0. The van der Waals surface area contributed by atoms with E-state index in [9.17, 15) is 9.90 Å². The molecule has 1 fully saturated rings. The molecule has 138 valence electrons. The number of aliphatic hydroxyl groups is 1. The summed E-state index contributed by atoms with van der Waals surface area (Å²) in [6.07, 6.45) is 6.94. The third-order valence-corrected chi connectivity index (χ3v) is 5.93. The Morgan fingerprint density at radius 1 is 1.24 bits per heavy atom. The van der Waals surface area contributed by atoms with Gasteiger partial charge in [0.05, 0.1) is 18.7 Å². The summed E-state index contributed by atoms with van der Waals surface area (Å²) in [5.41, 5.74) is 1.86. The lowest BCUT2D eigenvalue weighted by atomic mass is 10.1. The fourth-order valence-electron chi connectivity index (χ4n) is 4.18. The Morgan fingerprint density at radius 3 is 2.60 bits per heavy atom. The van der Waals surface area contributed by atoms with Gasteiger partial charge in [0.15, 0.2) is 0 Å². The normalized spacial score (nSPS) is 24.2. The fourth-order valence-corrected chi connectivity index (χ4v) is 4.77. The van der Waals surface area contributed by atoms with E-state index in [0.717, 1.165) is 24.0 Å². The van der Waals surface area contributed by atoms with E-state index >= 15 is 0 Å². The van der Waals surface area contributed by atoms with Crippen LogP contribution in [0.25, 0.3) is 0 Å². The Kier molecular flexibility index (Phi) is 6.26. The molecule has 1 saturated carbocycles. The first-order valence-electron chi connectivity index (χ1n) is 9.11.